The third-order valence-corrected chi connectivity index (χ3v) is 8.44. The van der Waals surface area contributed by atoms with Crippen LogP contribution in [0.15, 0.2) is 171 Å². The highest BCUT2D eigenvalue weighted by Gasteiger charge is 2.15. The molecule has 0 bridgehead atoms. The van der Waals surface area contributed by atoms with Crippen LogP contribution in [0.5, 0.6) is 0 Å². The van der Waals surface area contributed by atoms with Crippen molar-refractivity contribution < 1.29 is 4.42 Å². The van der Waals surface area contributed by atoms with Crippen molar-refractivity contribution in [1.82, 2.24) is 0 Å². The van der Waals surface area contributed by atoms with Crippen molar-refractivity contribution in [3.63, 3.8) is 0 Å². The third kappa shape index (κ3) is 5.16. The van der Waals surface area contributed by atoms with Gasteiger partial charge in [0.1, 0.15) is 11.2 Å². The summed E-state index contributed by atoms with van der Waals surface area (Å²) in [6.45, 7) is 4.38. The largest absolute Gasteiger partial charge is 0.456 e. The molecule has 0 saturated carbocycles. The molecule has 0 N–H and O–H groups in total. The summed E-state index contributed by atoms with van der Waals surface area (Å²) in [7, 11) is 0. The molecule has 0 spiro atoms. The zero-order valence-electron chi connectivity index (χ0n) is 25.1. The zero-order valence-corrected chi connectivity index (χ0v) is 25.1. The summed E-state index contributed by atoms with van der Waals surface area (Å²) >= 11 is 0. The maximum atomic E-state index is 6.15. The Morgan fingerprint density at radius 3 is 2.15 bits per heavy atom. The Hall–Kier alpha value is -6.13. The van der Waals surface area contributed by atoms with Crippen LogP contribution in [0.25, 0.3) is 54.6 Å². The molecule has 0 amide bonds. The van der Waals surface area contributed by atoms with Gasteiger partial charge >= 0.3 is 0 Å². The molecule has 7 aromatic carbocycles. The van der Waals surface area contributed by atoms with Crippen molar-refractivity contribution in [2.45, 2.75) is 6.54 Å². The van der Waals surface area contributed by atoms with Crippen LogP contribution >= 0.6 is 0 Å². The standard InChI is InChI=1S/C42H29N3O/c1-43-42(37-15-9-17-39-40(37)36-14-7-8-16-38(36)46-39)45-41(35-23-20-30-12-5-6-13-31(30)26-35)44-27-28-18-19-34-25-33(22-21-32(34)24-28)29-10-3-2-4-11-29/h2-26H,1,27H2/b44-41-,45-42-. The van der Waals surface area contributed by atoms with E-state index in [0.717, 1.165) is 49.4 Å². The number of para-hydroxylation sites is 1. The van der Waals surface area contributed by atoms with Crippen molar-refractivity contribution >= 4 is 61.9 Å². The van der Waals surface area contributed by atoms with E-state index in [0.29, 0.717) is 18.2 Å². The number of rotatable bonds is 5. The highest BCUT2D eigenvalue weighted by molar-refractivity contribution is 6.22. The first-order valence-electron chi connectivity index (χ1n) is 15.3. The Kier molecular flexibility index (Phi) is 7.01. The summed E-state index contributed by atoms with van der Waals surface area (Å²) in [5, 5.41) is 6.64. The predicted molar refractivity (Wildman–Crippen MR) is 193 cm³/mol. The molecule has 0 aliphatic carbocycles. The maximum absolute atomic E-state index is 6.15. The Labute approximate surface area is 266 Å². The summed E-state index contributed by atoms with van der Waals surface area (Å²) in [5.74, 6) is 1.09. The number of hydrogen-bond donors (Lipinski definition) is 0. The average molecular weight is 592 g/mol. The number of nitrogens with zero attached hydrogens (tertiary/aromatic N) is 3. The summed E-state index contributed by atoms with van der Waals surface area (Å²) < 4.78 is 6.15. The van der Waals surface area contributed by atoms with Gasteiger partial charge < -0.3 is 4.42 Å². The lowest BCUT2D eigenvalue weighted by Crippen LogP contribution is -2.06. The minimum atomic E-state index is 0.464. The summed E-state index contributed by atoms with van der Waals surface area (Å²) in [6.07, 6.45) is 0. The predicted octanol–water partition coefficient (Wildman–Crippen LogP) is 10.7. The van der Waals surface area contributed by atoms with Crippen LogP contribution in [-0.2, 0) is 6.54 Å². The van der Waals surface area contributed by atoms with Crippen LogP contribution in [0.2, 0.25) is 0 Å². The molecule has 8 aromatic rings. The third-order valence-electron chi connectivity index (χ3n) is 8.44. The first-order valence-corrected chi connectivity index (χ1v) is 15.3. The SMILES string of the molecule is C=N/C(=N\C(=N/Cc1ccc2cc(-c3ccccc3)ccc2c1)c1ccc2ccccc2c1)c1cccc2oc3ccccc3c12. The molecule has 0 fully saturated rings. The molecule has 0 unspecified atom stereocenters. The molecule has 0 aliphatic rings. The van der Waals surface area contributed by atoms with Gasteiger partial charge in [-0.1, -0.05) is 121 Å². The minimum Gasteiger partial charge on any atom is -0.456 e. The molecule has 4 nitrogen and oxygen atoms in total. The van der Waals surface area contributed by atoms with Gasteiger partial charge in [0.05, 0.1) is 6.54 Å². The van der Waals surface area contributed by atoms with Gasteiger partial charge in [-0.05, 0) is 75.3 Å². The quantitative estimate of drug-likeness (QED) is 0.145. The summed E-state index contributed by atoms with van der Waals surface area (Å²) in [6, 6.07) is 52.2. The van der Waals surface area contributed by atoms with Crippen LogP contribution in [-0.4, -0.2) is 18.4 Å². The molecular weight excluding hydrogens is 562 g/mol. The molecule has 0 saturated heterocycles. The average Bonchev–Trinajstić information content (AvgIpc) is 3.51. The highest BCUT2D eigenvalue weighted by atomic mass is 16.3. The van der Waals surface area contributed by atoms with Gasteiger partial charge in [-0.3, -0.25) is 4.99 Å². The smallest absolute Gasteiger partial charge is 0.161 e. The summed E-state index contributed by atoms with van der Waals surface area (Å²) in [4.78, 5) is 14.6. The van der Waals surface area contributed by atoms with Crippen molar-refractivity contribution in [3.8, 4) is 11.1 Å². The van der Waals surface area contributed by atoms with E-state index in [1.54, 1.807) is 0 Å². The Morgan fingerprint density at radius 2 is 1.26 bits per heavy atom. The second-order valence-electron chi connectivity index (χ2n) is 11.3. The van der Waals surface area contributed by atoms with Gasteiger partial charge in [0.25, 0.3) is 0 Å². The van der Waals surface area contributed by atoms with E-state index in [1.807, 2.05) is 54.6 Å². The molecule has 218 valence electrons. The first-order chi connectivity index (χ1) is 22.7. The van der Waals surface area contributed by atoms with E-state index in [9.17, 15) is 0 Å². The summed E-state index contributed by atoms with van der Waals surface area (Å²) in [5.41, 5.74) is 6.89. The molecule has 4 heteroatoms. The first kappa shape index (κ1) is 27.4. The second kappa shape index (κ2) is 11.8. The maximum Gasteiger partial charge on any atom is 0.161 e. The Morgan fingerprint density at radius 1 is 0.543 bits per heavy atom. The van der Waals surface area contributed by atoms with Gasteiger partial charge in [-0.15, -0.1) is 0 Å². The molecule has 8 rings (SSSR count). The number of benzene rings is 7. The van der Waals surface area contributed by atoms with Gasteiger partial charge in [0.2, 0.25) is 0 Å². The Balaban J connectivity index is 1.22. The Bertz CT molecular complexity index is 2470. The number of furan rings is 1. The number of amidine groups is 2. The normalized spacial score (nSPS) is 12.3. The molecule has 46 heavy (non-hydrogen) atoms. The topological polar surface area (TPSA) is 50.2 Å². The molecule has 0 aliphatic heterocycles. The van der Waals surface area contributed by atoms with Crippen LogP contribution in [0, 0.1) is 0 Å². The lowest BCUT2D eigenvalue weighted by molar-refractivity contribution is 0.669. The van der Waals surface area contributed by atoms with E-state index in [-0.39, 0.29) is 0 Å². The van der Waals surface area contributed by atoms with Crippen molar-refractivity contribution in [2.24, 2.45) is 15.0 Å². The van der Waals surface area contributed by atoms with Crippen LogP contribution in [0.4, 0.5) is 0 Å². The molecule has 1 heterocycles. The minimum absolute atomic E-state index is 0.464. The van der Waals surface area contributed by atoms with Crippen LogP contribution < -0.4 is 0 Å². The lowest BCUT2D eigenvalue weighted by Gasteiger charge is -2.09. The van der Waals surface area contributed by atoms with Crippen molar-refractivity contribution in [1.29, 1.82) is 0 Å². The lowest BCUT2D eigenvalue weighted by atomic mass is 10.00. The van der Waals surface area contributed by atoms with Crippen molar-refractivity contribution in [2.75, 3.05) is 0 Å². The molecular formula is C42H29N3O. The van der Waals surface area contributed by atoms with Crippen LogP contribution in [0.3, 0.4) is 0 Å². The van der Waals surface area contributed by atoms with Gasteiger partial charge in [0, 0.05) is 21.9 Å². The molecule has 0 atom stereocenters. The molecule has 1 aromatic heterocycles. The van der Waals surface area contributed by atoms with E-state index < -0.39 is 0 Å². The number of hydrogen-bond acceptors (Lipinski definition) is 2. The fraction of sp³-hybridized carbons (Fsp3) is 0.0238. The zero-order chi connectivity index (χ0) is 30.9. The van der Waals surface area contributed by atoms with E-state index >= 15 is 0 Å². The van der Waals surface area contributed by atoms with E-state index in [2.05, 4.69) is 109 Å². The van der Waals surface area contributed by atoms with E-state index in [1.165, 1.54) is 21.9 Å². The fourth-order valence-corrected chi connectivity index (χ4v) is 6.13. The van der Waals surface area contributed by atoms with Gasteiger partial charge in [-0.25, -0.2) is 9.98 Å². The van der Waals surface area contributed by atoms with Gasteiger partial charge in [0.15, 0.2) is 11.7 Å². The number of fused-ring (bicyclic) bond motifs is 5. The fourth-order valence-electron chi connectivity index (χ4n) is 6.13. The number of aliphatic imine (C=N–C) groups is 3. The van der Waals surface area contributed by atoms with Crippen molar-refractivity contribution in [3.05, 3.63) is 168 Å². The van der Waals surface area contributed by atoms with Gasteiger partial charge in [-0.2, -0.15) is 0 Å². The van der Waals surface area contributed by atoms with E-state index in [4.69, 9.17) is 14.4 Å². The van der Waals surface area contributed by atoms with Crippen LogP contribution in [0.1, 0.15) is 16.7 Å². The highest BCUT2D eigenvalue weighted by Crippen LogP contribution is 2.32. The molecule has 0 radical (unpaired) electrons. The monoisotopic (exact) mass is 591 g/mol. The second-order valence-corrected chi connectivity index (χ2v) is 11.3.